The van der Waals surface area contributed by atoms with Crippen LogP contribution in [0.5, 0.6) is 11.5 Å². The van der Waals surface area contributed by atoms with Gasteiger partial charge in [0.05, 0.1) is 13.2 Å². The van der Waals surface area contributed by atoms with E-state index >= 15 is 0 Å². The SMILES string of the molecule is O=C(NC[C@@H]1COc2ccccc2O1)C(=O)NC[C@H]1OCCc2ccccc21. The molecule has 2 atom stereocenters. The molecule has 7 nitrogen and oxygen atoms in total. The fraction of sp³-hybridized carbons (Fsp3) is 0.333. The van der Waals surface area contributed by atoms with Crippen LogP contribution < -0.4 is 20.1 Å². The minimum atomic E-state index is -0.702. The Morgan fingerprint density at radius 1 is 0.929 bits per heavy atom. The molecule has 0 fully saturated rings. The number of carbonyl (C=O) groups excluding carboxylic acids is 2. The molecule has 0 bridgehead atoms. The van der Waals surface area contributed by atoms with Crippen molar-refractivity contribution < 1.29 is 23.8 Å². The van der Waals surface area contributed by atoms with E-state index in [1.165, 1.54) is 5.56 Å². The lowest BCUT2D eigenvalue weighted by atomic mass is 9.97. The summed E-state index contributed by atoms with van der Waals surface area (Å²) in [6.07, 6.45) is 0.265. The third kappa shape index (κ3) is 4.09. The first kappa shape index (κ1) is 18.3. The molecule has 0 spiro atoms. The molecule has 0 saturated carbocycles. The Labute approximate surface area is 163 Å². The average molecular weight is 382 g/mol. The number of carbonyl (C=O) groups is 2. The normalized spacial score (nSPS) is 20.0. The summed E-state index contributed by atoms with van der Waals surface area (Å²) < 4.78 is 17.1. The second-order valence-corrected chi connectivity index (χ2v) is 6.73. The number of benzene rings is 2. The summed E-state index contributed by atoms with van der Waals surface area (Å²) in [4.78, 5) is 24.2. The monoisotopic (exact) mass is 382 g/mol. The minimum Gasteiger partial charge on any atom is -0.486 e. The first-order valence-corrected chi connectivity index (χ1v) is 9.34. The molecule has 4 rings (SSSR count). The van der Waals surface area contributed by atoms with Crippen LogP contribution in [0.2, 0.25) is 0 Å². The van der Waals surface area contributed by atoms with Gasteiger partial charge in [-0.15, -0.1) is 0 Å². The van der Waals surface area contributed by atoms with E-state index in [2.05, 4.69) is 16.7 Å². The van der Waals surface area contributed by atoms with Crippen LogP contribution in [0.1, 0.15) is 17.2 Å². The molecule has 2 heterocycles. The molecule has 2 aromatic carbocycles. The second-order valence-electron chi connectivity index (χ2n) is 6.73. The van der Waals surface area contributed by atoms with Gasteiger partial charge < -0.3 is 24.8 Å². The zero-order valence-corrected chi connectivity index (χ0v) is 15.4. The van der Waals surface area contributed by atoms with Crippen molar-refractivity contribution in [1.82, 2.24) is 10.6 Å². The molecule has 0 unspecified atom stereocenters. The molecule has 0 radical (unpaired) electrons. The lowest BCUT2D eigenvalue weighted by Gasteiger charge is -2.27. The van der Waals surface area contributed by atoms with Crippen LogP contribution in [0.15, 0.2) is 48.5 Å². The number of para-hydroxylation sites is 2. The summed E-state index contributed by atoms with van der Waals surface area (Å²) in [5.41, 5.74) is 2.27. The molecule has 2 aliphatic rings. The third-order valence-electron chi connectivity index (χ3n) is 4.80. The molecule has 0 saturated heterocycles. The first-order valence-electron chi connectivity index (χ1n) is 9.34. The lowest BCUT2D eigenvalue weighted by Crippen LogP contribution is -2.46. The predicted octanol–water partition coefficient (Wildman–Crippen LogP) is 1.37. The largest absolute Gasteiger partial charge is 0.486 e. The Hall–Kier alpha value is -3.06. The van der Waals surface area contributed by atoms with E-state index in [1.807, 2.05) is 36.4 Å². The lowest BCUT2D eigenvalue weighted by molar-refractivity contribution is -0.139. The molecule has 28 heavy (non-hydrogen) atoms. The smallest absolute Gasteiger partial charge is 0.309 e. The van der Waals surface area contributed by atoms with Crippen molar-refractivity contribution in [1.29, 1.82) is 0 Å². The predicted molar refractivity (Wildman–Crippen MR) is 101 cm³/mol. The van der Waals surface area contributed by atoms with E-state index < -0.39 is 11.8 Å². The van der Waals surface area contributed by atoms with E-state index in [-0.39, 0.29) is 25.3 Å². The summed E-state index contributed by atoms with van der Waals surface area (Å²) in [5.74, 6) is -0.0866. The summed E-state index contributed by atoms with van der Waals surface area (Å²) in [6, 6.07) is 15.3. The Morgan fingerprint density at radius 3 is 2.50 bits per heavy atom. The number of hydrogen-bond donors (Lipinski definition) is 2. The average Bonchev–Trinajstić information content (AvgIpc) is 2.75. The molecule has 7 heteroatoms. The Balaban J connectivity index is 1.24. The first-order chi connectivity index (χ1) is 13.7. The molecule has 0 aliphatic carbocycles. The van der Waals surface area contributed by atoms with Crippen molar-refractivity contribution in [3.63, 3.8) is 0 Å². The van der Waals surface area contributed by atoms with Gasteiger partial charge in [-0.05, 0) is 29.7 Å². The zero-order valence-electron chi connectivity index (χ0n) is 15.4. The number of ether oxygens (including phenoxy) is 3. The van der Waals surface area contributed by atoms with Gasteiger partial charge in [0.1, 0.15) is 18.8 Å². The topological polar surface area (TPSA) is 85.9 Å². The van der Waals surface area contributed by atoms with Crippen molar-refractivity contribution in [2.45, 2.75) is 18.6 Å². The highest BCUT2D eigenvalue weighted by Gasteiger charge is 2.24. The maximum absolute atomic E-state index is 12.1. The molecule has 2 N–H and O–H groups in total. The van der Waals surface area contributed by atoms with Gasteiger partial charge in [0, 0.05) is 6.54 Å². The van der Waals surface area contributed by atoms with Gasteiger partial charge >= 0.3 is 11.8 Å². The molecule has 2 aromatic rings. The van der Waals surface area contributed by atoms with Gasteiger partial charge in [-0.1, -0.05) is 36.4 Å². The van der Waals surface area contributed by atoms with E-state index in [9.17, 15) is 9.59 Å². The second kappa shape index (κ2) is 8.31. The molecule has 2 aliphatic heterocycles. The highest BCUT2D eigenvalue weighted by Crippen LogP contribution is 2.30. The number of rotatable bonds is 4. The Kier molecular flexibility index (Phi) is 5.43. The summed E-state index contributed by atoms with van der Waals surface area (Å²) >= 11 is 0. The fourth-order valence-electron chi connectivity index (χ4n) is 3.36. The van der Waals surface area contributed by atoms with E-state index in [0.717, 1.165) is 12.0 Å². The third-order valence-corrected chi connectivity index (χ3v) is 4.80. The summed E-state index contributed by atoms with van der Waals surface area (Å²) in [7, 11) is 0. The highest BCUT2D eigenvalue weighted by atomic mass is 16.6. The minimum absolute atomic E-state index is 0.184. The molecule has 146 valence electrons. The van der Waals surface area contributed by atoms with Crippen LogP contribution in [0, 0.1) is 0 Å². The van der Waals surface area contributed by atoms with E-state index in [1.54, 1.807) is 6.07 Å². The van der Waals surface area contributed by atoms with Gasteiger partial charge in [-0.3, -0.25) is 9.59 Å². The fourth-order valence-corrected chi connectivity index (χ4v) is 3.36. The van der Waals surface area contributed by atoms with Crippen molar-refractivity contribution in [3.05, 3.63) is 59.7 Å². The van der Waals surface area contributed by atoms with Crippen LogP contribution in [-0.2, 0) is 20.7 Å². The van der Waals surface area contributed by atoms with Gasteiger partial charge in [0.15, 0.2) is 11.5 Å². The van der Waals surface area contributed by atoms with Crippen LogP contribution in [0.3, 0.4) is 0 Å². The molecular weight excluding hydrogens is 360 g/mol. The Bertz CT molecular complexity index is 869. The molecule has 0 aromatic heterocycles. The van der Waals surface area contributed by atoms with Gasteiger partial charge in [-0.2, -0.15) is 0 Å². The molecular formula is C21H22N2O5. The number of nitrogens with one attached hydrogen (secondary N) is 2. The van der Waals surface area contributed by atoms with Gasteiger partial charge in [0.2, 0.25) is 0 Å². The van der Waals surface area contributed by atoms with Gasteiger partial charge in [0.25, 0.3) is 0 Å². The quantitative estimate of drug-likeness (QED) is 0.781. The van der Waals surface area contributed by atoms with E-state index in [4.69, 9.17) is 14.2 Å². The zero-order chi connectivity index (χ0) is 19.3. The molecule has 2 amide bonds. The maximum atomic E-state index is 12.1. The highest BCUT2D eigenvalue weighted by molar-refractivity contribution is 6.35. The standard InChI is InChI=1S/C21H22N2O5/c24-20(22-11-15-13-27-17-7-3-4-8-18(17)28-15)21(25)23-12-19-16-6-2-1-5-14(16)9-10-26-19/h1-8,15,19H,9-13H2,(H,22,24)(H,23,25)/t15-,19-/m1/s1. The summed E-state index contributed by atoms with van der Waals surface area (Å²) in [5, 5.41) is 5.24. The van der Waals surface area contributed by atoms with Crippen LogP contribution in [0.4, 0.5) is 0 Å². The van der Waals surface area contributed by atoms with Crippen LogP contribution in [-0.4, -0.2) is 44.2 Å². The number of fused-ring (bicyclic) bond motifs is 2. The van der Waals surface area contributed by atoms with Crippen molar-refractivity contribution in [3.8, 4) is 11.5 Å². The van der Waals surface area contributed by atoms with Crippen molar-refractivity contribution >= 4 is 11.8 Å². The Morgan fingerprint density at radius 2 is 1.64 bits per heavy atom. The summed E-state index contributed by atoms with van der Waals surface area (Å²) in [6.45, 7) is 1.35. The number of hydrogen-bond acceptors (Lipinski definition) is 5. The van der Waals surface area contributed by atoms with Crippen LogP contribution >= 0.6 is 0 Å². The van der Waals surface area contributed by atoms with Gasteiger partial charge in [-0.25, -0.2) is 0 Å². The number of amides is 2. The van der Waals surface area contributed by atoms with Crippen molar-refractivity contribution in [2.24, 2.45) is 0 Å². The maximum Gasteiger partial charge on any atom is 0.309 e. The van der Waals surface area contributed by atoms with E-state index in [0.29, 0.717) is 24.7 Å². The van der Waals surface area contributed by atoms with Crippen molar-refractivity contribution in [2.75, 3.05) is 26.3 Å². The van der Waals surface area contributed by atoms with Crippen LogP contribution in [0.25, 0.3) is 0 Å².